The van der Waals surface area contributed by atoms with Gasteiger partial charge in [-0.2, -0.15) is 0 Å². The Bertz CT molecular complexity index is 223. The molecule has 0 aliphatic carbocycles. The highest BCUT2D eigenvalue weighted by molar-refractivity contribution is 5.89. The summed E-state index contributed by atoms with van der Waals surface area (Å²) in [7, 11) is 0. The van der Waals surface area contributed by atoms with Crippen LogP contribution in [0.3, 0.4) is 0 Å². The first kappa shape index (κ1) is 14.6. The van der Waals surface area contributed by atoms with Crippen molar-refractivity contribution in [2.24, 2.45) is 17.6 Å². The van der Waals surface area contributed by atoms with Crippen LogP contribution in [0.25, 0.3) is 0 Å². The van der Waals surface area contributed by atoms with E-state index in [0.29, 0.717) is 0 Å². The highest BCUT2D eigenvalue weighted by Gasteiger charge is 2.41. The quantitative estimate of drug-likeness (QED) is 0.734. The molecule has 90 valence electrons. The predicted octanol–water partition coefficient (Wildman–Crippen LogP) is 1.73. The topological polar surface area (TPSA) is 63.3 Å². The van der Waals surface area contributed by atoms with Gasteiger partial charge >= 0.3 is 0 Å². The highest BCUT2D eigenvalue weighted by Crippen LogP contribution is 2.29. The van der Waals surface area contributed by atoms with Gasteiger partial charge in [-0.25, -0.2) is 0 Å². The lowest BCUT2D eigenvalue weighted by molar-refractivity contribution is -0.142. The van der Waals surface area contributed by atoms with Crippen LogP contribution < -0.4 is 5.73 Å². The summed E-state index contributed by atoms with van der Waals surface area (Å²) in [5, 5.41) is 9.76. The fourth-order valence-electron chi connectivity index (χ4n) is 1.95. The minimum absolute atomic E-state index is 0.163. The molecule has 0 spiro atoms. The third kappa shape index (κ3) is 3.92. The summed E-state index contributed by atoms with van der Waals surface area (Å²) >= 11 is 0. The van der Waals surface area contributed by atoms with Crippen molar-refractivity contribution in [2.45, 2.75) is 59.1 Å². The van der Waals surface area contributed by atoms with Gasteiger partial charge in [0.15, 0.2) is 5.78 Å². The van der Waals surface area contributed by atoms with Gasteiger partial charge in [0.25, 0.3) is 0 Å². The van der Waals surface area contributed by atoms with Crippen molar-refractivity contribution in [2.75, 3.05) is 0 Å². The lowest BCUT2D eigenvalue weighted by Gasteiger charge is -2.37. The number of carbonyl (C=O) groups excluding carboxylic acids is 1. The molecule has 0 heterocycles. The van der Waals surface area contributed by atoms with Gasteiger partial charge in [-0.3, -0.25) is 4.79 Å². The SMILES string of the molecule is CCC(C)[C@@H](C(=O)C(C)(C)O)C(C)(C)N. The molecule has 0 aromatic heterocycles. The number of rotatable bonds is 5. The molecule has 0 saturated heterocycles. The third-order valence-corrected chi connectivity index (χ3v) is 2.90. The van der Waals surface area contributed by atoms with Gasteiger partial charge in [0.1, 0.15) is 5.60 Å². The molecule has 0 aliphatic rings. The average Bonchev–Trinajstić information content (AvgIpc) is 1.99. The molecule has 2 atom stereocenters. The second kappa shape index (κ2) is 4.62. The first-order valence-electron chi connectivity index (χ1n) is 5.57. The Morgan fingerprint density at radius 3 is 1.93 bits per heavy atom. The van der Waals surface area contributed by atoms with Gasteiger partial charge in [-0.15, -0.1) is 0 Å². The molecule has 0 bridgehead atoms. The maximum atomic E-state index is 12.1. The summed E-state index contributed by atoms with van der Waals surface area (Å²) in [5.74, 6) is -0.282. The first-order chi connectivity index (χ1) is 6.51. The van der Waals surface area contributed by atoms with Gasteiger partial charge in [0, 0.05) is 11.5 Å². The smallest absolute Gasteiger partial charge is 0.168 e. The van der Waals surface area contributed by atoms with Crippen LogP contribution in [-0.2, 0) is 4.79 Å². The van der Waals surface area contributed by atoms with E-state index in [9.17, 15) is 9.90 Å². The van der Waals surface area contributed by atoms with E-state index >= 15 is 0 Å². The molecule has 3 N–H and O–H groups in total. The van der Waals surface area contributed by atoms with Crippen molar-refractivity contribution in [1.29, 1.82) is 0 Å². The minimum atomic E-state index is -1.30. The monoisotopic (exact) mass is 215 g/mol. The summed E-state index contributed by atoms with van der Waals surface area (Å²) in [6.07, 6.45) is 0.882. The van der Waals surface area contributed by atoms with Crippen LogP contribution in [0.5, 0.6) is 0 Å². The van der Waals surface area contributed by atoms with Gasteiger partial charge in [0.05, 0.1) is 0 Å². The van der Waals surface area contributed by atoms with Crippen molar-refractivity contribution >= 4 is 5.78 Å². The van der Waals surface area contributed by atoms with E-state index in [0.717, 1.165) is 6.42 Å². The number of hydrogen-bond acceptors (Lipinski definition) is 3. The van der Waals surface area contributed by atoms with Crippen molar-refractivity contribution in [3.8, 4) is 0 Å². The Hall–Kier alpha value is -0.410. The molecular weight excluding hydrogens is 190 g/mol. The zero-order valence-corrected chi connectivity index (χ0v) is 10.8. The molecule has 0 aromatic carbocycles. The zero-order valence-electron chi connectivity index (χ0n) is 10.8. The number of Topliss-reactive ketones (excluding diaryl/α,β-unsaturated/α-hetero) is 1. The molecule has 1 unspecified atom stereocenters. The molecule has 0 aliphatic heterocycles. The first-order valence-corrected chi connectivity index (χ1v) is 5.57. The van der Waals surface area contributed by atoms with Crippen LogP contribution in [0, 0.1) is 11.8 Å². The maximum absolute atomic E-state index is 12.1. The van der Waals surface area contributed by atoms with Crippen LogP contribution >= 0.6 is 0 Å². The van der Waals surface area contributed by atoms with Gasteiger partial charge in [0.2, 0.25) is 0 Å². The van der Waals surface area contributed by atoms with Gasteiger partial charge in [-0.1, -0.05) is 20.3 Å². The zero-order chi connectivity index (χ0) is 12.4. The van der Waals surface area contributed by atoms with Gasteiger partial charge < -0.3 is 10.8 Å². The largest absolute Gasteiger partial charge is 0.383 e. The van der Waals surface area contributed by atoms with Gasteiger partial charge in [-0.05, 0) is 33.6 Å². The Kier molecular flexibility index (Phi) is 4.49. The van der Waals surface area contributed by atoms with Crippen molar-refractivity contribution < 1.29 is 9.90 Å². The Balaban J connectivity index is 5.06. The van der Waals surface area contributed by atoms with E-state index < -0.39 is 11.1 Å². The number of aliphatic hydroxyl groups is 1. The Labute approximate surface area is 93.0 Å². The van der Waals surface area contributed by atoms with Crippen LogP contribution in [0.4, 0.5) is 0 Å². The lowest BCUT2D eigenvalue weighted by Crippen LogP contribution is -2.53. The fraction of sp³-hybridized carbons (Fsp3) is 0.917. The molecule has 0 saturated carbocycles. The third-order valence-electron chi connectivity index (χ3n) is 2.90. The minimum Gasteiger partial charge on any atom is -0.383 e. The predicted molar refractivity (Wildman–Crippen MR) is 62.5 cm³/mol. The van der Waals surface area contributed by atoms with Crippen LogP contribution in [0.1, 0.15) is 48.0 Å². The maximum Gasteiger partial charge on any atom is 0.168 e. The lowest BCUT2D eigenvalue weighted by atomic mass is 9.72. The fourth-order valence-corrected chi connectivity index (χ4v) is 1.95. The van der Waals surface area contributed by atoms with Crippen LogP contribution in [-0.4, -0.2) is 22.0 Å². The van der Waals surface area contributed by atoms with Crippen LogP contribution in [0.2, 0.25) is 0 Å². The summed E-state index contributed by atoms with van der Waals surface area (Å²) in [6.45, 7) is 10.8. The van der Waals surface area contributed by atoms with E-state index in [1.54, 1.807) is 0 Å². The van der Waals surface area contributed by atoms with Crippen molar-refractivity contribution in [1.82, 2.24) is 0 Å². The molecule has 3 nitrogen and oxygen atoms in total. The number of nitrogens with two attached hydrogens (primary N) is 1. The number of hydrogen-bond donors (Lipinski definition) is 2. The second-order valence-electron chi connectivity index (χ2n) is 5.61. The second-order valence-corrected chi connectivity index (χ2v) is 5.61. The normalized spacial score (nSPS) is 17.3. The molecule has 15 heavy (non-hydrogen) atoms. The van der Waals surface area contributed by atoms with Crippen molar-refractivity contribution in [3.05, 3.63) is 0 Å². The van der Waals surface area contributed by atoms with E-state index in [1.807, 2.05) is 27.7 Å². The van der Waals surface area contributed by atoms with E-state index in [4.69, 9.17) is 5.73 Å². The number of carbonyl (C=O) groups is 1. The summed E-state index contributed by atoms with van der Waals surface area (Å²) < 4.78 is 0. The molecule has 3 heteroatoms. The van der Waals surface area contributed by atoms with E-state index in [1.165, 1.54) is 13.8 Å². The highest BCUT2D eigenvalue weighted by atomic mass is 16.3. The molecular formula is C12H25NO2. The summed E-state index contributed by atoms with van der Waals surface area (Å²) in [4.78, 5) is 12.1. The molecule has 0 aromatic rings. The average molecular weight is 215 g/mol. The Morgan fingerprint density at radius 2 is 1.73 bits per heavy atom. The van der Waals surface area contributed by atoms with E-state index in [-0.39, 0.29) is 17.6 Å². The summed E-state index contributed by atoms with van der Waals surface area (Å²) in [6, 6.07) is 0. The standard InChI is InChI=1S/C12H25NO2/c1-7-8(2)9(11(3,4)13)10(14)12(5,6)15/h8-9,15H,7,13H2,1-6H3/t8?,9-/m0/s1. The Morgan fingerprint density at radius 1 is 1.33 bits per heavy atom. The molecule has 0 amide bonds. The molecule has 0 rings (SSSR count). The number of ketones is 1. The summed E-state index contributed by atoms with van der Waals surface area (Å²) in [5.41, 5.74) is 4.13. The molecule has 0 radical (unpaired) electrons. The molecule has 0 fully saturated rings. The van der Waals surface area contributed by atoms with Crippen molar-refractivity contribution in [3.63, 3.8) is 0 Å². The van der Waals surface area contributed by atoms with E-state index in [2.05, 4.69) is 0 Å². The van der Waals surface area contributed by atoms with Crippen LogP contribution in [0.15, 0.2) is 0 Å².